The maximum Gasteiger partial charge on any atom is 0.280 e. The number of hydrogen-bond donors (Lipinski definition) is 2. The van der Waals surface area contributed by atoms with Crippen LogP contribution in [0.1, 0.15) is 17.3 Å². The van der Waals surface area contributed by atoms with Gasteiger partial charge in [0, 0.05) is 17.6 Å². The largest absolute Gasteiger partial charge is 0.497 e. The lowest BCUT2D eigenvalue weighted by molar-refractivity contribution is 0.0363. The third kappa shape index (κ3) is 2.58. The lowest BCUT2D eigenvalue weighted by Gasteiger charge is -2.06. The Morgan fingerprint density at radius 2 is 2.21 bits per heavy atom. The molecule has 2 aromatic rings. The predicted octanol–water partition coefficient (Wildman–Crippen LogP) is 1.22. The second-order valence-electron chi connectivity index (χ2n) is 3.81. The molecule has 0 saturated heterocycles. The van der Waals surface area contributed by atoms with E-state index in [0.717, 1.165) is 0 Å². The SMILES string of the molecule is CCONC(=O)c1c[nH]c2cc(OC)ccc2c1=O. The first-order chi connectivity index (χ1) is 9.17. The highest BCUT2D eigenvalue weighted by Crippen LogP contribution is 2.16. The Hall–Kier alpha value is -2.34. The van der Waals surface area contributed by atoms with Gasteiger partial charge in [-0.25, -0.2) is 5.48 Å². The van der Waals surface area contributed by atoms with Gasteiger partial charge in [0.2, 0.25) is 5.43 Å². The van der Waals surface area contributed by atoms with Crippen molar-refractivity contribution < 1.29 is 14.4 Å². The van der Waals surface area contributed by atoms with Crippen molar-refractivity contribution in [1.82, 2.24) is 10.5 Å². The molecule has 0 atom stereocenters. The Morgan fingerprint density at radius 1 is 1.42 bits per heavy atom. The molecular formula is C13H14N2O4. The second kappa shape index (κ2) is 5.53. The van der Waals surface area contributed by atoms with E-state index in [1.165, 1.54) is 6.20 Å². The van der Waals surface area contributed by atoms with E-state index in [1.54, 1.807) is 32.2 Å². The number of hydroxylamine groups is 1. The number of aromatic nitrogens is 1. The lowest BCUT2D eigenvalue weighted by atomic mass is 10.1. The molecule has 0 bridgehead atoms. The van der Waals surface area contributed by atoms with Crippen LogP contribution >= 0.6 is 0 Å². The van der Waals surface area contributed by atoms with Crippen LogP contribution in [-0.4, -0.2) is 24.6 Å². The minimum Gasteiger partial charge on any atom is -0.497 e. The first-order valence-corrected chi connectivity index (χ1v) is 5.79. The van der Waals surface area contributed by atoms with E-state index in [0.29, 0.717) is 23.3 Å². The zero-order valence-electron chi connectivity index (χ0n) is 10.6. The van der Waals surface area contributed by atoms with Gasteiger partial charge in [-0.15, -0.1) is 0 Å². The number of H-pyrrole nitrogens is 1. The number of carbonyl (C=O) groups is 1. The minimum absolute atomic E-state index is 0.00566. The molecule has 0 spiro atoms. The van der Waals surface area contributed by atoms with Crippen LogP contribution in [0.25, 0.3) is 10.9 Å². The third-order valence-corrected chi connectivity index (χ3v) is 2.64. The summed E-state index contributed by atoms with van der Waals surface area (Å²) in [6.07, 6.45) is 1.36. The van der Waals surface area contributed by atoms with Crippen LogP contribution in [0.15, 0.2) is 29.2 Å². The number of aromatic amines is 1. The smallest absolute Gasteiger partial charge is 0.280 e. The molecular weight excluding hydrogens is 248 g/mol. The van der Waals surface area contributed by atoms with E-state index in [1.807, 2.05) is 0 Å². The van der Waals surface area contributed by atoms with Crippen LogP contribution in [0.4, 0.5) is 0 Å². The van der Waals surface area contributed by atoms with E-state index in [9.17, 15) is 9.59 Å². The van der Waals surface area contributed by atoms with E-state index in [4.69, 9.17) is 9.57 Å². The molecule has 0 aliphatic carbocycles. The van der Waals surface area contributed by atoms with Crippen molar-refractivity contribution in [2.45, 2.75) is 6.92 Å². The quantitative estimate of drug-likeness (QED) is 0.812. The second-order valence-corrected chi connectivity index (χ2v) is 3.81. The number of amides is 1. The molecule has 2 N–H and O–H groups in total. The van der Waals surface area contributed by atoms with Gasteiger partial charge in [0.05, 0.1) is 19.2 Å². The number of pyridine rings is 1. The van der Waals surface area contributed by atoms with Gasteiger partial charge in [0.15, 0.2) is 0 Å². The fourth-order valence-corrected chi connectivity index (χ4v) is 1.69. The van der Waals surface area contributed by atoms with Crippen LogP contribution in [-0.2, 0) is 4.84 Å². The first-order valence-electron chi connectivity index (χ1n) is 5.79. The average Bonchev–Trinajstić information content (AvgIpc) is 2.44. The van der Waals surface area contributed by atoms with Crippen LogP contribution < -0.4 is 15.6 Å². The molecule has 100 valence electrons. The fourth-order valence-electron chi connectivity index (χ4n) is 1.69. The number of fused-ring (bicyclic) bond motifs is 1. The molecule has 1 amide bonds. The van der Waals surface area contributed by atoms with Crippen molar-refractivity contribution in [3.8, 4) is 5.75 Å². The Balaban J connectivity index is 2.46. The van der Waals surface area contributed by atoms with Crippen LogP contribution in [0.2, 0.25) is 0 Å². The van der Waals surface area contributed by atoms with Crippen molar-refractivity contribution in [2.75, 3.05) is 13.7 Å². The molecule has 6 nitrogen and oxygen atoms in total. The molecule has 1 heterocycles. The molecule has 0 saturated carbocycles. The Bertz CT molecular complexity index is 663. The Labute approximate surface area is 109 Å². The fraction of sp³-hybridized carbons (Fsp3) is 0.231. The summed E-state index contributed by atoms with van der Waals surface area (Å²) in [4.78, 5) is 31.5. The van der Waals surface area contributed by atoms with Gasteiger partial charge in [-0.1, -0.05) is 0 Å². The zero-order chi connectivity index (χ0) is 13.8. The highest BCUT2D eigenvalue weighted by atomic mass is 16.6. The summed E-state index contributed by atoms with van der Waals surface area (Å²) in [5.74, 6) is 0.0653. The van der Waals surface area contributed by atoms with Crippen molar-refractivity contribution in [1.29, 1.82) is 0 Å². The third-order valence-electron chi connectivity index (χ3n) is 2.64. The van der Waals surface area contributed by atoms with E-state index in [2.05, 4.69) is 10.5 Å². The maximum atomic E-state index is 12.2. The van der Waals surface area contributed by atoms with Gasteiger partial charge in [-0.3, -0.25) is 14.4 Å². The number of carbonyl (C=O) groups excluding carboxylic acids is 1. The number of rotatable bonds is 4. The summed E-state index contributed by atoms with van der Waals surface area (Å²) in [5, 5.41) is 0.421. The van der Waals surface area contributed by atoms with Crippen molar-refractivity contribution in [3.05, 3.63) is 40.2 Å². The normalized spacial score (nSPS) is 10.4. The number of ether oxygens (including phenoxy) is 1. The van der Waals surface area contributed by atoms with Crippen molar-refractivity contribution >= 4 is 16.8 Å². The standard InChI is InChI=1S/C13H14N2O4/c1-3-19-15-13(17)10-7-14-11-6-8(18-2)4-5-9(11)12(10)16/h4-7H,3H2,1-2H3,(H,14,16)(H,15,17). The van der Waals surface area contributed by atoms with E-state index < -0.39 is 5.91 Å². The molecule has 1 aromatic heterocycles. The molecule has 2 rings (SSSR count). The summed E-state index contributed by atoms with van der Waals surface area (Å²) >= 11 is 0. The monoisotopic (exact) mass is 262 g/mol. The molecule has 0 aliphatic rings. The predicted molar refractivity (Wildman–Crippen MR) is 70.2 cm³/mol. The van der Waals surface area contributed by atoms with E-state index >= 15 is 0 Å². The van der Waals surface area contributed by atoms with Crippen molar-refractivity contribution in [3.63, 3.8) is 0 Å². The van der Waals surface area contributed by atoms with E-state index in [-0.39, 0.29) is 11.0 Å². The first kappa shape index (κ1) is 13.1. The van der Waals surface area contributed by atoms with Crippen LogP contribution in [0, 0.1) is 0 Å². The van der Waals surface area contributed by atoms with Gasteiger partial charge >= 0.3 is 0 Å². The summed E-state index contributed by atoms with van der Waals surface area (Å²) in [5.41, 5.74) is 2.45. The molecule has 0 aliphatic heterocycles. The highest BCUT2D eigenvalue weighted by molar-refractivity contribution is 5.96. The number of methoxy groups -OCH3 is 1. The highest BCUT2D eigenvalue weighted by Gasteiger charge is 2.13. The Morgan fingerprint density at radius 3 is 2.89 bits per heavy atom. The zero-order valence-corrected chi connectivity index (χ0v) is 10.6. The summed E-state index contributed by atoms with van der Waals surface area (Å²) in [7, 11) is 1.54. The molecule has 0 unspecified atom stereocenters. The average molecular weight is 262 g/mol. The molecule has 6 heteroatoms. The lowest BCUT2D eigenvalue weighted by Crippen LogP contribution is -2.29. The number of benzene rings is 1. The van der Waals surface area contributed by atoms with Gasteiger partial charge in [0.25, 0.3) is 5.91 Å². The van der Waals surface area contributed by atoms with Crippen molar-refractivity contribution in [2.24, 2.45) is 0 Å². The summed E-state index contributed by atoms with van der Waals surface area (Å²) < 4.78 is 5.07. The molecule has 1 aromatic carbocycles. The molecule has 0 fully saturated rings. The van der Waals surface area contributed by atoms with Gasteiger partial charge < -0.3 is 9.72 Å². The Kier molecular flexibility index (Phi) is 3.82. The van der Waals surface area contributed by atoms with Gasteiger partial charge in [-0.2, -0.15) is 0 Å². The van der Waals surface area contributed by atoms with Crippen LogP contribution in [0.3, 0.4) is 0 Å². The number of nitrogens with one attached hydrogen (secondary N) is 2. The number of hydrogen-bond acceptors (Lipinski definition) is 4. The maximum absolute atomic E-state index is 12.2. The summed E-state index contributed by atoms with van der Waals surface area (Å²) in [6.45, 7) is 2.06. The minimum atomic E-state index is -0.569. The molecule has 19 heavy (non-hydrogen) atoms. The topological polar surface area (TPSA) is 80.4 Å². The van der Waals surface area contributed by atoms with Crippen LogP contribution in [0.5, 0.6) is 5.75 Å². The summed E-state index contributed by atoms with van der Waals surface area (Å²) in [6, 6.07) is 4.98. The van der Waals surface area contributed by atoms with Gasteiger partial charge in [-0.05, 0) is 19.1 Å². The van der Waals surface area contributed by atoms with Gasteiger partial charge in [0.1, 0.15) is 11.3 Å². The molecule has 0 radical (unpaired) electrons.